The third kappa shape index (κ3) is 4.32. The van der Waals surface area contributed by atoms with Gasteiger partial charge in [0.25, 0.3) is 0 Å². The fraction of sp³-hybridized carbons (Fsp3) is 0.250. The minimum absolute atomic E-state index is 0.289. The lowest BCUT2D eigenvalue weighted by molar-refractivity contribution is 0.472. The molecule has 0 aliphatic heterocycles. The minimum Gasteiger partial charge on any atom is -0.456 e. The Hall–Kier alpha value is -1.39. The molecule has 20 heavy (non-hydrogen) atoms. The summed E-state index contributed by atoms with van der Waals surface area (Å²) in [5, 5.41) is 3.25. The van der Waals surface area contributed by atoms with Gasteiger partial charge < -0.3 is 10.1 Å². The molecule has 4 heteroatoms. The van der Waals surface area contributed by atoms with Gasteiger partial charge in [0.2, 0.25) is 0 Å². The Balaban J connectivity index is 2.13. The van der Waals surface area contributed by atoms with Gasteiger partial charge in [0.05, 0.1) is 4.47 Å². The van der Waals surface area contributed by atoms with Crippen LogP contribution in [-0.4, -0.2) is 6.54 Å². The smallest absolute Gasteiger partial charge is 0.141 e. The van der Waals surface area contributed by atoms with Gasteiger partial charge in [-0.3, -0.25) is 0 Å². The lowest BCUT2D eigenvalue weighted by Gasteiger charge is -2.10. The molecule has 0 heterocycles. The highest BCUT2D eigenvalue weighted by Gasteiger charge is 2.05. The Labute approximate surface area is 127 Å². The van der Waals surface area contributed by atoms with Crippen LogP contribution in [0, 0.1) is 5.82 Å². The highest BCUT2D eigenvalue weighted by atomic mass is 79.9. The van der Waals surface area contributed by atoms with E-state index < -0.39 is 0 Å². The number of ether oxygens (including phenoxy) is 1. The molecule has 0 amide bonds. The highest BCUT2D eigenvalue weighted by molar-refractivity contribution is 9.10. The quantitative estimate of drug-likeness (QED) is 0.758. The molecule has 0 unspecified atom stereocenters. The first-order valence-corrected chi connectivity index (χ1v) is 7.41. The molecule has 0 radical (unpaired) electrons. The number of halogens is 2. The Kier molecular flexibility index (Phi) is 5.56. The Morgan fingerprint density at radius 1 is 1.20 bits per heavy atom. The van der Waals surface area contributed by atoms with Crippen LogP contribution in [0.3, 0.4) is 0 Å². The Morgan fingerprint density at radius 2 is 2.00 bits per heavy atom. The van der Waals surface area contributed by atoms with Gasteiger partial charge in [-0.15, -0.1) is 0 Å². The molecule has 0 aliphatic rings. The summed E-state index contributed by atoms with van der Waals surface area (Å²) in [4.78, 5) is 0. The summed E-state index contributed by atoms with van der Waals surface area (Å²) in [6.07, 6.45) is 1.05. The van der Waals surface area contributed by atoms with E-state index in [4.69, 9.17) is 4.74 Å². The third-order valence-corrected chi connectivity index (χ3v) is 3.41. The van der Waals surface area contributed by atoms with Crippen LogP contribution >= 0.6 is 15.9 Å². The zero-order valence-corrected chi connectivity index (χ0v) is 12.9. The summed E-state index contributed by atoms with van der Waals surface area (Å²) < 4.78 is 20.2. The fourth-order valence-corrected chi connectivity index (χ4v) is 2.21. The largest absolute Gasteiger partial charge is 0.456 e. The molecular weight excluding hydrogens is 321 g/mol. The van der Waals surface area contributed by atoms with Crippen molar-refractivity contribution in [2.24, 2.45) is 0 Å². The van der Waals surface area contributed by atoms with E-state index in [-0.39, 0.29) is 5.82 Å². The number of nitrogens with one attached hydrogen (secondary N) is 1. The van der Waals surface area contributed by atoms with Crippen LogP contribution in [0.5, 0.6) is 11.5 Å². The molecule has 2 aromatic rings. The topological polar surface area (TPSA) is 21.3 Å². The maximum absolute atomic E-state index is 13.6. The van der Waals surface area contributed by atoms with Crippen LogP contribution in [0.4, 0.5) is 4.39 Å². The van der Waals surface area contributed by atoms with Crippen molar-refractivity contribution < 1.29 is 9.13 Å². The molecule has 0 fully saturated rings. The van der Waals surface area contributed by atoms with E-state index in [1.807, 2.05) is 30.3 Å². The maximum Gasteiger partial charge on any atom is 0.141 e. The summed E-state index contributed by atoms with van der Waals surface area (Å²) in [5.41, 5.74) is 0.875. The molecule has 2 nitrogen and oxygen atoms in total. The van der Waals surface area contributed by atoms with Gasteiger partial charge in [0.1, 0.15) is 17.3 Å². The van der Waals surface area contributed by atoms with Crippen molar-refractivity contribution in [3.05, 3.63) is 58.3 Å². The lowest BCUT2D eigenvalue weighted by Crippen LogP contribution is -2.13. The van der Waals surface area contributed by atoms with Gasteiger partial charge in [-0.25, -0.2) is 4.39 Å². The highest BCUT2D eigenvalue weighted by Crippen LogP contribution is 2.30. The number of rotatable bonds is 6. The van der Waals surface area contributed by atoms with Crippen molar-refractivity contribution in [2.75, 3.05) is 6.54 Å². The second kappa shape index (κ2) is 7.41. The Morgan fingerprint density at radius 3 is 2.75 bits per heavy atom. The fourth-order valence-electron chi connectivity index (χ4n) is 1.85. The molecule has 106 valence electrons. The van der Waals surface area contributed by atoms with Crippen molar-refractivity contribution in [1.82, 2.24) is 5.32 Å². The maximum atomic E-state index is 13.6. The van der Waals surface area contributed by atoms with Gasteiger partial charge in [0.15, 0.2) is 0 Å². The average Bonchev–Trinajstić information content (AvgIpc) is 2.41. The predicted octanol–water partition coefficient (Wildman–Crippen LogP) is 4.88. The molecule has 1 N–H and O–H groups in total. The van der Waals surface area contributed by atoms with Crippen LogP contribution in [0.25, 0.3) is 0 Å². The zero-order valence-electron chi connectivity index (χ0n) is 11.3. The van der Waals surface area contributed by atoms with Gasteiger partial charge in [-0.05, 0) is 58.7 Å². The number of hydrogen-bond donors (Lipinski definition) is 1. The normalized spacial score (nSPS) is 10.6. The van der Waals surface area contributed by atoms with Crippen LogP contribution in [0.1, 0.15) is 18.9 Å². The molecule has 0 atom stereocenters. The molecule has 0 saturated carbocycles. The SMILES string of the molecule is CCCNCc1cc(F)cc(Oc2ccccc2Br)c1. The van der Waals surface area contributed by atoms with Crippen molar-refractivity contribution >= 4 is 15.9 Å². The number of benzene rings is 2. The van der Waals surface area contributed by atoms with Gasteiger partial charge in [-0.2, -0.15) is 0 Å². The van der Waals surface area contributed by atoms with Crippen LogP contribution in [-0.2, 0) is 6.54 Å². The van der Waals surface area contributed by atoms with Gasteiger partial charge in [-0.1, -0.05) is 19.1 Å². The Bertz CT molecular complexity index is 574. The second-order valence-electron chi connectivity index (χ2n) is 4.50. The van der Waals surface area contributed by atoms with E-state index in [0.29, 0.717) is 18.0 Å². The monoisotopic (exact) mass is 337 g/mol. The van der Waals surface area contributed by atoms with E-state index in [0.717, 1.165) is 23.0 Å². The van der Waals surface area contributed by atoms with E-state index in [1.165, 1.54) is 12.1 Å². The van der Waals surface area contributed by atoms with Gasteiger partial charge in [0, 0.05) is 12.6 Å². The first-order valence-electron chi connectivity index (χ1n) is 6.61. The van der Waals surface area contributed by atoms with E-state index >= 15 is 0 Å². The van der Waals surface area contributed by atoms with Crippen LogP contribution < -0.4 is 10.1 Å². The summed E-state index contributed by atoms with van der Waals surface area (Å²) in [5.74, 6) is 0.888. The average molecular weight is 338 g/mol. The minimum atomic E-state index is -0.289. The molecule has 0 spiro atoms. The second-order valence-corrected chi connectivity index (χ2v) is 5.36. The van der Waals surface area contributed by atoms with Crippen molar-refractivity contribution in [2.45, 2.75) is 19.9 Å². The molecule has 0 aliphatic carbocycles. The number of para-hydroxylation sites is 1. The van der Waals surface area contributed by atoms with E-state index in [9.17, 15) is 4.39 Å². The summed E-state index contributed by atoms with van der Waals surface area (Å²) >= 11 is 3.41. The lowest BCUT2D eigenvalue weighted by atomic mass is 10.2. The summed E-state index contributed by atoms with van der Waals surface area (Å²) in [6, 6.07) is 12.3. The zero-order chi connectivity index (χ0) is 14.4. The van der Waals surface area contributed by atoms with Crippen LogP contribution in [0.2, 0.25) is 0 Å². The van der Waals surface area contributed by atoms with E-state index in [1.54, 1.807) is 0 Å². The molecule has 2 aromatic carbocycles. The van der Waals surface area contributed by atoms with Crippen molar-refractivity contribution in [1.29, 1.82) is 0 Å². The standard InChI is InChI=1S/C16H17BrFNO/c1-2-7-19-11-12-8-13(18)10-14(9-12)20-16-6-4-3-5-15(16)17/h3-6,8-10,19H,2,7,11H2,1H3. The van der Waals surface area contributed by atoms with E-state index in [2.05, 4.69) is 28.2 Å². The first kappa shape index (κ1) is 15.0. The summed E-state index contributed by atoms with van der Waals surface area (Å²) in [6.45, 7) is 3.65. The molecule has 0 saturated heterocycles. The van der Waals surface area contributed by atoms with Crippen molar-refractivity contribution in [3.8, 4) is 11.5 Å². The third-order valence-electron chi connectivity index (χ3n) is 2.75. The first-order chi connectivity index (χ1) is 9.69. The predicted molar refractivity (Wildman–Crippen MR) is 82.6 cm³/mol. The molecular formula is C16H17BrFNO. The molecule has 0 bridgehead atoms. The number of hydrogen-bond acceptors (Lipinski definition) is 2. The van der Waals surface area contributed by atoms with Crippen LogP contribution in [0.15, 0.2) is 46.9 Å². The van der Waals surface area contributed by atoms with Crippen molar-refractivity contribution in [3.63, 3.8) is 0 Å². The molecule has 0 aromatic heterocycles. The van der Waals surface area contributed by atoms with Gasteiger partial charge >= 0.3 is 0 Å². The summed E-state index contributed by atoms with van der Waals surface area (Å²) in [7, 11) is 0. The molecule has 2 rings (SSSR count).